The molecule has 0 bridgehead atoms. The topological polar surface area (TPSA) is 94.2 Å². The predicted octanol–water partition coefficient (Wildman–Crippen LogP) is 2.22. The van der Waals surface area contributed by atoms with Crippen LogP contribution in [0.4, 0.5) is 23.4 Å². The zero-order valence-electron chi connectivity index (χ0n) is 11.9. The van der Waals surface area contributed by atoms with Crippen molar-refractivity contribution in [3.05, 3.63) is 55.5 Å². The Morgan fingerprint density at radius 2 is 1.76 bits per heavy atom. The molecule has 1 aromatic heterocycles. The third kappa shape index (κ3) is 2.51. The van der Waals surface area contributed by atoms with Crippen molar-refractivity contribution in [1.82, 2.24) is 9.88 Å². The molecule has 0 aliphatic carbocycles. The van der Waals surface area contributed by atoms with Gasteiger partial charge in [-0.3, -0.25) is 24.3 Å². The highest BCUT2D eigenvalue weighted by molar-refractivity contribution is 9.10. The number of carbonyl (C=O) groups is 2. The molecule has 2 heterocycles. The molecule has 11 heteroatoms. The average molecular weight is 420 g/mol. The predicted molar refractivity (Wildman–Crippen MR) is 80.9 cm³/mol. The Hall–Kier alpha value is -2.69. The molecule has 0 saturated carbocycles. The number of fused-ring (bicyclic) bond motifs is 1. The number of pyridine rings is 1. The zero-order valence-corrected chi connectivity index (χ0v) is 13.5. The van der Waals surface area contributed by atoms with Gasteiger partial charge in [0.2, 0.25) is 0 Å². The van der Waals surface area contributed by atoms with Crippen LogP contribution in [-0.2, 0) is 6.18 Å². The second-order valence-electron chi connectivity index (χ2n) is 5.03. The fourth-order valence-electron chi connectivity index (χ4n) is 2.52. The van der Waals surface area contributed by atoms with Crippen LogP contribution in [0.15, 0.2) is 27.5 Å². The summed E-state index contributed by atoms with van der Waals surface area (Å²) in [4.78, 5) is 35.6. The van der Waals surface area contributed by atoms with Crippen molar-refractivity contribution in [2.45, 2.75) is 6.18 Å². The van der Waals surface area contributed by atoms with Gasteiger partial charge in [-0.05, 0) is 28.1 Å². The lowest BCUT2D eigenvalue weighted by Crippen LogP contribution is -2.27. The summed E-state index contributed by atoms with van der Waals surface area (Å²) in [5.41, 5.74) is 1.12. The molecule has 0 radical (unpaired) electrons. The molecule has 0 saturated heterocycles. The first kappa shape index (κ1) is 17.1. The summed E-state index contributed by atoms with van der Waals surface area (Å²) < 4.78 is 53.8. The van der Waals surface area contributed by atoms with Crippen LogP contribution in [0, 0.1) is 5.82 Å². The van der Waals surface area contributed by atoms with Gasteiger partial charge in [-0.15, -0.1) is 0 Å². The molecule has 6 nitrogen and oxygen atoms in total. The van der Waals surface area contributed by atoms with Gasteiger partial charge >= 0.3 is 6.18 Å². The van der Waals surface area contributed by atoms with Crippen molar-refractivity contribution in [2.24, 2.45) is 0 Å². The first-order valence-corrected chi connectivity index (χ1v) is 7.30. The normalized spacial score (nSPS) is 13.8. The molecule has 1 aromatic carbocycles. The fourth-order valence-corrected chi connectivity index (χ4v) is 2.85. The number of hydrogen-bond donors (Lipinski definition) is 2. The van der Waals surface area contributed by atoms with Crippen LogP contribution in [-0.4, -0.2) is 16.4 Å². The van der Waals surface area contributed by atoms with Gasteiger partial charge in [0.15, 0.2) is 5.82 Å². The third-order valence-corrected chi connectivity index (χ3v) is 4.16. The van der Waals surface area contributed by atoms with Crippen LogP contribution < -0.4 is 16.6 Å². The molecule has 0 fully saturated rings. The number of nitrogen functional groups attached to an aromatic ring is 1. The number of aromatic nitrogens is 1. The van der Waals surface area contributed by atoms with Crippen LogP contribution in [0.2, 0.25) is 0 Å². The molecule has 1 aliphatic rings. The van der Waals surface area contributed by atoms with E-state index in [1.807, 2.05) is 5.32 Å². The molecule has 0 unspecified atom stereocenters. The first-order valence-electron chi connectivity index (χ1n) is 6.50. The molecule has 3 N–H and O–H groups in total. The average Bonchev–Trinajstić information content (AvgIpc) is 2.76. The van der Waals surface area contributed by atoms with Crippen molar-refractivity contribution in [3.63, 3.8) is 0 Å². The maximum absolute atomic E-state index is 14.1. The number of imide groups is 1. The number of anilines is 1. The van der Waals surface area contributed by atoms with Crippen LogP contribution in [0.25, 0.3) is 5.69 Å². The molecule has 130 valence electrons. The molecule has 2 aromatic rings. The van der Waals surface area contributed by atoms with E-state index in [-0.39, 0.29) is 5.56 Å². The number of benzene rings is 1. The molecule has 25 heavy (non-hydrogen) atoms. The minimum absolute atomic E-state index is 0.343. The van der Waals surface area contributed by atoms with E-state index in [0.29, 0.717) is 10.6 Å². The summed E-state index contributed by atoms with van der Waals surface area (Å²) in [6.45, 7) is 0. The minimum atomic E-state index is -5.15. The number of nitrogens with two attached hydrogens (primary N) is 1. The smallest absolute Gasteiger partial charge is 0.384 e. The largest absolute Gasteiger partial charge is 0.421 e. The lowest BCUT2D eigenvalue weighted by atomic mass is 10.1. The SMILES string of the molecule is Nc1c2c(cc(=O)n1-c1ccc(Br)c(F)c1C(F)(F)F)C(=O)NC2=O. The highest BCUT2D eigenvalue weighted by atomic mass is 79.9. The molecule has 0 spiro atoms. The summed E-state index contributed by atoms with van der Waals surface area (Å²) in [5.74, 6) is -4.19. The van der Waals surface area contributed by atoms with Gasteiger partial charge in [0.1, 0.15) is 11.4 Å². The Balaban J connectivity index is 2.43. The van der Waals surface area contributed by atoms with E-state index in [9.17, 15) is 31.9 Å². The van der Waals surface area contributed by atoms with Crippen LogP contribution in [0.5, 0.6) is 0 Å². The van der Waals surface area contributed by atoms with Gasteiger partial charge in [0.05, 0.1) is 21.3 Å². The van der Waals surface area contributed by atoms with Crippen molar-refractivity contribution < 1.29 is 27.2 Å². The highest BCUT2D eigenvalue weighted by Gasteiger charge is 2.40. The molecule has 3 rings (SSSR count). The van der Waals surface area contributed by atoms with Gasteiger partial charge in [-0.2, -0.15) is 13.2 Å². The molecular formula is C14H6BrF4N3O3. The zero-order chi connectivity index (χ0) is 18.7. The Morgan fingerprint density at radius 1 is 1.12 bits per heavy atom. The lowest BCUT2D eigenvalue weighted by Gasteiger charge is -2.18. The second kappa shape index (κ2) is 5.41. The van der Waals surface area contributed by atoms with E-state index < -0.39 is 56.5 Å². The van der Waals surface area contributed by atoms with Gasteiger partial charge in [-0.25, -0.2) is 4.39 Å². The van der Waals surface area contributed by atoms with Crippen LogP contribution >= 0.6 is 15.9 Å². The number of carbonyl (C=O) groups excluding carboxylic acids is 2. The Morgan fingerprint density at radius 3 is 2.36 bits per heavy atom. The Labute approximate surface area is 144 Å². The van der Waals surface area contributed by atoms with E-state index in [2.05, 4.69) is 15.9 Å². The molecule has 0 atom stereocenters. The number of amides is 2. The minimum Gasteiger partial charge on any atom is -0.384 e. The second-order valence-corrected chi connectivity index (χ2v) is 5.88. The number of nitrogens with one attached hydrogen (secondary N) is 1. The number of alkyl halides is 3. The van der Waals surface area contributed by atoms with Crippen molar-refractivity contribution >= 4 is 33.6 Å². The Bertz CT molecular complexity index is 1010. The van der Waals surface area contributed by atoms with Crippen LogP contribution in [0.1, 0.15) is 26.3 Å². The monoisotopic (exact) mass is 419 g/mol. The highest BCUT2D eigenvalue weighted by Crippen LogP contribution is 2.39. The van der Waals surface area contributed by atoms with Crippen molar-refractivity contribution in [3.8, 4) is 5.69 Å². The third-order valence-electron chi connectivity index (χ3n) is 3.55. The number of halogens is 5. The summed E-state index contributed by atoms with van der Waals surface area (Å²) in [6.07, 6.45) is -5.15. The van der Waals surface area contributed by atoms with Gasteiger partial charge in [0, 0.05) is 6.07 Å². The maximum atomic E-state index is 14.1. The fraction of sp³-hybridized carbons (Fsp3) is 0.0714. The lowest BCUT2D eigenvalue weighted by molar-refractivity contribution is -0.139. The van der Waals surface area contributed by atoms with E-state index in [1.165, 1.54) is 0 Å². The van der Waals surface area contributed by atoms with Gasteiger partial charge in [0.25, 0.3) is 17.4 Å². The number of nitrogens with zero attached hydrogens (tertiary/aromatic N) is 1. The summed E-state index contributed by atoms with van der Waals surface area (Å²) in [7, 11) is 0. The first-order chi connectivity index (χ1) is 11.5. The Kier molecular flexibility index (Phi) is 3.71. The number of rotatable bonds is 1. The van der Waals surface area contributed by atoms with E-state index in [4.69, 9.17) is 5.73 Å². The number of hydrogen-bond acceptors (Lipinski definition) is 4. The molecular weight excluding hydrogens is 414 g/mol. The quantitative estimate of drug-likeness (QED) is 0.547. The maximum Gasteiger partial charge on any atom is 0.421 e. The molecule has 2 amide bonds. The van der Waals surface area contributed by atoms with Crippen LogP contribution in [0.3, 0.4) is 0 Å². The summed E-state index contributed by atoms with van der Waals surface area (Å²) in [5, 5.41) is 1.88. The van der Waals surface area contributed by atoms with E-state index in [1.54, 1.807) is 0 Å². The summed E-state index contributed by atoms with van der Waals surface area (Å²) >= 11 is 2.65. The van der Waals surface area contributed by atoms with E-state index >= 15 is 0 Å². The van der Waals surface area contributed by atoms with Gasteiger partial charge < -0.3 is 5.73 Å². The van der Waals surface area contributed by atoms with Crippen molar-refractivity contribution in [1.29, 1.82) is 0 Å². The van der Waals surface area contributed by atoms with Crippen molar-refractivity contribution in [2.75, 3.05) is 5.73 Å². The molecule has 1 aliphatic heterocycles. The van der Waals surface area contributed by atoms with E-state index in [0.717, 1.165) is 12.1 Å². The summed E-state index contributed by atoms with van der Waals surface area (Å²) in [6, 6.07) is 2.46. The van der Waals surface area contributed by atoms with Gasteiger partial charge in [-0.1, -0.05) is 0 Å². The standard InChI is InChI=1S/C14H6BrF4N3O3/c15-5-1-2-6(9(10(5)16)14(17,18)19)22-7(23)3-4-8(11(22)20)13(25)21-12(4)24/h1-3H,20H2,(H,21,24,25).